The molecule has 8 nitrogen and oxygen atoms in total. The maximum Gasteiger partial charge on any atom is 0.246 e. The van der Waals surface area contributed by atoms with Gasteiger partial charge in [0.05, 0.1) is 19.0 Å². The lowest BCUT2D eigenvalue weighted by molar-refractivity contribution is -0.138. The van der Waals surface area contributed by atoms with E-state index in [4.69, 9.17) is 4.52 Å². The first-order valence-corrected chi connectivity index (χ1v) is 10.7. The molecule has 1 saturated heterocycles. The van der Waals surface area contributed by atoms with Crippen LogP contribution < -0.4 is 5.32 Å². The fourth-order valence-corrected chi connectivity index (χ4v) is 3.74. The standard InChI is InChI=1S/C24H27N5O3/c1-17-8-10-18(11-9-17)15-29-13-12-25-24(31)20(29)14-22(30)28(2)16-21-26-23(27-32-21)19-6-4-3-5-7-19/h3-11,20H,12-16H2,1-2H3,(H,25,31)/t20-/m0/s1. The quantitative estimate of drug-likeness (QED) is 0.615. The van der Waals surface area contributed by atoms with Gasteiger partial charge in [0.1, 0.15) is 0 Å². The van der Waals surface area contributed by atoms with Crippen molar-refractivity contribution in [1.82, 2.24) is 25.3 Å². The zero-order valence-corrected chi connectivity index (χ0v) is 18.3. The van der Waals surface area contributed by atoms with Gasteiger partial charge in [-0.15, -0.1) is 0 Å². The molecule has 0 unspecified atom stereocenters. The van der Waals surface area contributed by atoms with Gasteiger partial charge in [-0.3, -0.25) is 14.5 Å². The number of benzene rings is 2. The largest absolute Gasteiger partial charge is 0.353 e. The molecule has 0 saturated carbocycles. The van der Waals surface area contributed by atoms with Crippen molar-refractivity contribution in [1.29, 1.82) is 0 Å². The summed E-state index contributed by atoms with van der Waals surface area (Å²) in [6.07, 6.45) is 0.0911. The lowest BCUT2D eigenvalue weighted by Gasteiger charge is -2.35. The van der Waals surface area contributed by atoms with Crippen molar-refractivity contribution < 1.29 is 14.1 Å². The molecule has 1 N–H and O–H groups in total. The Labute approximate surface area is 187 Å². The SMILES string of the molecule is Cc1ccc(CN2CCNC(=O)[C@@H]2CC(=O)N(C)Cc2nc(-c3ccccc3)no2)cc1. The summed E-state index contributed by atoms with van der Waals surface area (Å²) in [5, 5.41) is 6.88. The van der Waals surface area contributed by atoms with Crippen LogP contribution in [0.5, 0.6) is 0 Å². The fraction of sp³-hybridized carbons (Fsp3) is 0.333. The lowest BCUT2D eigenvalue weighted by Crippen LogP contribution is -2.56. The number of carbonyl (C=O) groups is 2. The number of aryl methyl sites for hydroxylation is 1. The molecular formula is C24H27N5O3. The monoisotopic (exact) mass is 433 g/mol. The molecule has 4 rings (SSSR count). The van der Waals surface area contributed by atoms with Gasteiger partial charge in [-0.1, -0.05) is 65.3 Å². The molecule has 0 aliphatic carbocycles. The molecule has 0 spiro atoms. The second-order valence-electron chi connectivity index (χ2n) is 8.09. The number of nitrogens with one attached hydrogen (secondary N) is 1. The molecule has 3 aromatic rings. The number of piperazine rings is 1. The third kappa shape index (κ3) is 5.20. The normalized spacial score (nSPS) is 16.6. The highest BCUT2D eigenvalue weighted by Gasteiger charge is 2.32. The Hall–Kier alpha value is -3.52. The molecule has 0 radical (unpaired) electrons. The first-order valence-electron chi connectivity index (χ1n) is 10.7. The van der Waals surface area contributed by atoms with Gasteiger partial charge in [0, 0.05) is 32.2 Å². The van der Waals surface area contributed by atoms with Crippen LogP contribution >= 0.6 is 0 Å². The minimum Gasteiger partial charge on any atom is -0.353 e. The maximum absolute atomic E-state index is 12.9. The molecule has 2 heterocycles. The van der Waals surface area contributed by atoms with E-state index >= 15 is 0 Å². The highest BCUT2D eigenvalue weighted by atomic mass is 16.5. The molecule has 0 bridgehead atoms. The van der Waals surface area contributed by atoms with E-state index in [2.05, 4.69) is 44.6 Å². The minimum atomic E-state index is -0.512. The number of nitrogens with zero attached hydrogens (tertiary/aromatic N) is 4. The minimum absolute atomic E-state index is 0.0911. The van der Waals surface area contributed by atoms with Crippen LogP contribution in [0.4, 0.5) is 0 Å². The Kier molecular flexibility index (Phi) is 6.61. The van der Waals surface area contributed by atoms with E-state index in [1.165, 1.54) is 10.5 Å². The zero-order chi connectivity index (χ0) is 22.5. The van der Waals surface area contributed by atoms with Crippen molar-refractivity contribution in [3.8, 4) is 11.4 Å². The van der Waals surface area contributed by atoms with Crippen LogP contribution in [0.1, 0.15) is 23.4 Å². The van der Waals surface area contributed by atoms with Crippen LogP contribution in [0.2, 0.25) is 0 Å². The van der Waals surface area contributed by atoms with Gasteiger partial charge in [-0.25, -0.2) is 0 Å². The van der Waals surface area contributed by atoms with Gasteiger partial charge in [-0.05, 0) is 12.5 Å². The van der Waals surface area contributed by atoms with Crippen LogP contribution in [0.3, 0.4) is 0 Å². The zero-order valence-electron chi connectivity index (χ0n) is 18.3. The van der Waals surface area contributed by atoms with E-state index in [1.807, 2.05) is 37.3 Å². The van der Waals surface area contributed by atoms with E-state index in [1.54, 1.807) is 7.05 Å². The van der Waals surface area contributed by atoms with Crippen LogP contribution in [0.25, 0.3) is 11.4 Å². The van der Waals surface area contributed by atoms with E-state index in [9.17, 15) is 9.59 Å². The molecule has 1 atom stereocenters. The Balaban J connectivity index is 1.39. The summed E-state index contributed by atoms with van der Waals surface area (Å²) in [5.74, 6) is 0.566. The summed E-state index contributed by atoms with van der Waals surface area (Å²) in [5.41, 5.74) is 3.16. The van der Waals surface area contributed by atoms with Crippen LogP contribution in [-0.4, -0.2) is 57.9 Å². The third-order valence-corrected chi connectivity index (χ3v) is 5.61. The lowest BCUT2D eigenvalue weighted by atomic mass is 10.1. The van der Waals surface area contributed by atoms with Gasteiger partial charge in [0.2, 0.25) is 23.5 Å². The smallest absolute Gasteiger partial charge is 0.246 e. The molecular weight excluding hydrogens is 406 g/mol. The van der Waals surface area contributed by atoms with Gasteiger partial charge in [0.25, 0.3) is 0 Å². The Morgan fingerprint density at radius 3 is 2.69 bits per heavy atom. The van der Waals surface area contributed by atoms with Crippen molar-refractivity contribution in [2.45, 2.75) is 32.5 Å². The van der Waals surface area contributed by atoms with Crippen molar-refractivity contribution in [3.63, 3.8) is 0 Å². The van der Waals surface area contributed by atoms with Crippen molar-refractivity contribution in [3.05, 3.63) is 71.6 Å². The van der Waals surface area contributed by atoms with E-state index in [-0.39, 0.29) is 24.8 Å². The van der Waals surface area contributed by atoms with E-state index in [0.717, 1.165) is 11.1 Å². The average molecular weight is 434 g/mol. The van der Waals surface area contributed by atoms with Gasteiger partial charge >= 0.3 is 0 Å². The second kappa shape index (κ2) is 9.74. The molecule has 1 aliphatic heterocycles. The third-order valence-electron chi connectivity index (χ3n) is 5.61. The molecule has 166 valence electrons. The molecule has 1 aliphatic rings. The number of aromatic nitrogens is 2. The van der Waals surface area contributed by atoms with Crippen LogP contribution in [0.15, 0.2) is 59.1 Å². The molecule has 1 fully saturated rings. The van der Waals surface area contributed by atoms with E-state index < -0.39 is 6.04 Å². The highest BCUT2D eigenvalue weighted by Crippen LogP contribution is 2.18. The summed E-state index contributed by atoms with van der Waals surface area (Å²) >= 11 is 0. The van der Waals surface area contributed by atoms with Gasteiger partial charge in [0.15, 0.2) is 0 Å². The van der Waals surface area contributed by atoms with E-state index in [0.29, 0.717) is 31.3 Å². The summed E-state index contributed by atoms with van der Waals surface area (Å²) in [6.45, 7) is 4.13. The summed E-state index contributed by atoms with van der Waals surface area (Å²) in [4.78, 5) is 33.4. The predicted molar refractivity (Wildman–Crippen MR) is 119 cm³/mol. The van der Waals surface area contributed by atoms with Crippen LogP contribution in [0, 0.1) is 6.92 Å². The average Bonchev–Trinajstić information content (AvgIpc) is 3.26. The maximum atomic E-state index is 12.9. The Bertz CT molecular complexity index is 1060. The number of hydrogen-bond donors (Lipinski definition) is 1. The van der Waals surface area contributed by atoms with Crippen molar-refractivity contribution >= 4 is 11.8 Å². The number of hydrogen-bond acceptors (Lipinski definition) is 6. The van der Waals surface area contributed by atoms with Crippen molar-refractivity contribution in [2.24, 2.45) is 0 Å². The molecule has 2 amide bonds. The first-order chi connectivity index (χ1) is 15.5. The van der Waals surface area contributed by atoms with Crippen molar-refractivity contribution in [2.75, 3.05) is 20.1 Å². The number of amides is 2. The molecule has 2 aromatic carbocycles. The highest BCUT2D eigenvalue weighted by molar-refractivity contribution is 5.88. The van der Waals surface area contributed by atoms with Gasteiger partial charge in [-0.2, -0.15) is 4.98 Å². The molecule has 32 heavy (non-hydrogen) atoms. The summed E-state index contributed by atoms with van der Waals surface area (Å²) in [6, 6.07) is 17.2. The predicted octanol–water partition coefficient (Wildman–Crippen LogP) is 2.39. The van der Waals surface area contributed by atoms with Gasteiger partial charge < -0.3 is 14.7 Å². The topological polar surface area (TPSA) is 91.6 Å². The fourth-order valence-electron chi connectivity index (χ4n) is 3.74. The summed E-state index contributed by atoms with van der Waals surface area (Å²) < 4.78 is 5.32. The molecule has 8 heteroatoms. The Morgan fingerprint density at radius 1 is 1.19 bits per heavy atom. The van der Waals surface area contributed by atoms with Crippen LogP contribution in [-0.2, 0) is 22.7 Å². The number of rotatable bonds is 7. The first kappa shape index (κ1) is 21.7. The molecule has 1 aromatic heterocycles. The second-order valence-corrected chi connectivity index (χ2v) is 8.09. The number of carbonyl (C=O) groups excluding carboxylic acids is 2. The summed E-state index contributed by atoms with van der Waals surface area (Å²) in [7, 11) is 1.68. The Morgan fingerprint density at radius 2 is 1.94 bits per heavy atom.